The summed E-state index contributed by atoms with van der Waals surface area (Å²) in [6, 6.07) is 23.2. The highest BCUT2D eigenvalue weighted by Gasteiger charge is 2.14. The van der Waals surface area contributed by atoms with E-state index >= 15 is 0 Å². The molecular formula is C24H21NO5. The predicted molar refractivity (Wildman–Crippen MR) is 113 cm³/mol. The summed E-state index contributed by atoms with van der Waals surface area (Å²) < 4.78 is 11.2. The van der Waals surface area contributed by atoms with Crippen molar-refractivity contribution in [3.05, 3.63) is 101 Å². The van der Waals surface area contributed by atoms with Gasteiger partial charge in [-0.2, -0.15) is 0 Å². The molecule has 0 aliphatic heterocycles. The topological polar surface area (TPSA) is 84.9 Å². The number of nitrogens with one attached hydrogen (secondary N) is 1. The smallest absolute Gasteiger partial charge is 0.352 e. The summed E-state index contributed by atoms with van der Waals surface area (Å²) in [4.78, 5) is 23.9. The fourth-order valence-corrected chi connectivity index (χ4v) is 2.73. The lowest BCUT2D eigenvalue weighted by Gasteiger charge is -2.12. The number of rotatable bonds is 8. The molecule has 0 atom stereocenters. The van der Waals surface area contributed by atoms with Crippen LogP contribution in [0.2, 0.25) is 0 Å². The maximum Gasteiger partial charge on any atom is 0.352 e. The first-order valence-corrected chi connectivity index (χ1v) is 9.23. The van der Waals surface area contributed by atoms with Gasteiger partial charge in [0.05, 0.1) is 7.11 Å². The van der Waals surface area contributed by atoms with Gasteiger partial charge in [-0.3, -0.25) is 4.79 Å². The normalized spacial score (nSPS) is 10.9. The zero-order chi connectivity index (χ0) is 21.3. The number of hydrogen-bond acceptors (Lipinski definition) is 4. The number of aliphatic carboxylic acids is 1. The molecule has 0 saturated carbocycles. The van der Waals surface area contributed by atoms with Gasteiger partial charge in [0.25, 0.3) is 5.91 Å². The van der Waals surface area contributed by atoms with E-state index in [-0.39, 0.29) is 5.70 Å². The number of benzene rings is 3. The second-order valence-electron chi connectivity index (χ2n) is 6.37. The van der Waals surface area contributed by atoms with Crippen molar-refractivity contribution in [2.45, 2.75) is 6.61 Å². The van der Waals surface area contributed by atoms with E-state index in [4.69, 9.17) is 9.47 Å². The van der Waals surface area contributed by atoms with Gasteiger partial charge >= 0.3 is 5.97 Å². The Hall–Kier alpha value is -4.06. The Labute approximate surface area is 174 Å². The Balaban J connectivity index is 1.78. The van der Waals surface area contributed by atoms with E-state index in [0.29, 0.717) is 29.2 Å². The fraction of sp³-hybridized carbons (Fsp3) is 0.0833. The van der Waals surface area contributed by atoms with Crippen LogP contribution in [0.4, 0.5) is 0 Å². The standard InChI is InChI=1S/C24H21NO5/c1-29-22-15-18(12-13-21(22)30-16-17-8-4-2-5-9-17)14-20(24(27)28)25-23(26)19-10-6-3-7-11-19/h2-15H,16H2,1H3,(H,25,26)(H,27,28)/b20-14-. The maximum absolute atomic E-state index is 12.3. The minimum atomic E-state index is -1.25. The summed E-state index contributed by atoms with van der Waals surface area (Å²) in [6.45, 7) is 0.375. The van der Waals surface area contributed by atoms with Gasteiger partial charge in [0.2, 0.25) is 0 Å². The van der Waals surface area contributed by atoms with Crippen molar-refractivity contribution in [3.63, 3.8) is 0 Å². The van der Waals surface area contributed by atoms with Crippen molar-refractivity contribution in [3.8, 4) is 11.5 Å². The first kappa shape index (κ1) is 20.7. The Morgan fingerprint density at radius 3 is 2.23 bits per heavy atom. The molecule has 1 amide bonds. The van der Waals surface area contributed by atoms with Crippen molar-refractivity contribution in [1.29, 1.82) is 0 Å². The van der Waals surface area contributed by atoms with E-state index in [1.807, 2.05) is 30.3 Å². The van der Waals surface area contributed by atoms with E-state index in [1.165, 1.54) is 13.2 Å². The average molecular weight is 403 g/mol. The lowest BCUT2D eigenvalue weighted by atomic mass is 10.1. The van der Waals surface area contributed by atoms with Crippen LogP contribution in [0.3, 0.4) is 0 Å². The van der Waals surface area contributed by atoms with Crippen LogP contribution in [0.1, 0.15) is 21.5 Å². The summed E-state index contributed by atoms with van der Waals surface area (Å²) in [5.74, 6) is -0.760. The zero-order valence-electron chi connectivity index (χ0n) is 16.4. The highest BCUT2D eigenvalue weighted by molar-refractivity contribution is 6.02. The van der Waals surface area contributed by atoms with Crippen LogP contribution >= 0.6 is 0 Å². The molecule has 152 valence electrons. The average Bonchev–Trinajstić information content (AvgIpc) is 2.78. The van der Waals surface area contributed by atoms with E-state index in [2.05, 4.69) is 5.32 Å². The van der Waals surface area contributed by atoms with Crippen LogP contribution in [0.15, 0.2) is 84.6 Å². The minimum absolute atomic E-state index is 0.246. The van der Waals surface area contributed by atoms with Crippen molar-refractivity contribution in [2.75, 3.05) is 7.11 Å². The van der Waals surface area contributed by atoms with Crippen LogP contribution in [0.25, 0.3) is 6.08 Å². The van der Waals surface area contributed by atoms with E-state index in [9.17, 15) is 14.7 Å². The highest BCUT2D eigenvalue weighted by atomic mass is 16.5. The van der Waals surface area contributed by atoms with Crippen molar-refractivity contribution in [1.82, 2.24) is 5.32 Å². The second kappa shape index (κ2) is 9.93. The molecule has 0 aromatic heterocycles. The summed E-state index contributed by atoms with van der Waals surface area (Å²) in [5.41, 5.74) is 1.68. The molecule has 6 heteroatoms. The first-order valence-electron chi connectivity index (χ1n) is 9.23. The third kappa shape index (κ3) is 5.48. The molecule has 0 radical (unpaired) electrons. The number of carbonyl (C=O) groups excluding carboxylic acids is 1. The molecule has 0 aliphatic rings. The van der Waals surface area contributed by atoms with Crippen LogP contribution in [0.5, 0.6) is 11.5 Å². The SMILES string of the molecule is COc1cc(/C=C(\NC(=O)c2ccccc2)C(=O)O)ccc1OCc1ccccc1. The van der Waals surface area contributed by atoms with E-state index in [0.717, 1.165) is 5.56 Å². The van der Waals surface area contributed by atoms with Gasteiger partial charge < -0.3 is 19.9 Å². The Bertz CT molecular complexity index is 1050. The van der Waals surface area contributed by atoms with Crippen LogP contribution < -0.4 is 14.8 Å². The summed E-state index contributed by atoms with van der Waals surface area (Å²) in [6.07, 6.45) is 1.37. The third-order valence-electron chi connectivity index (χ3n) is 4.25. The second-order valence-corrected chi connectivity index (χ2v) is 6.37. The van der Waals surface area contributed by atoms with Gasteiger partial charge in [-0.15, -0.1) is 0 Å². The molecule has 0 saturated heterocycles. The molecular weight excluding hydrogens is 382 g/mol. The third-order valence-corrected chi connectivity index (χ3v) is 4.25. The molecule has 30 heavy (non-hydrogen) atoms. The van der Waals surface area contributed by atoms with Crippen molar-refractivity contribution < 1.29 is 24.2 Å². The van der Waals surface area contributed by atoms with Gasteiger partial charge in [0.15, 0.2) is 11.5 Å². The van der Waals surface area contributed by atoms with Gasteiger partial charge in [0.1, 0.15) is 12.3 Å². The van der Waals surface area contributed by atoms with Crippen molar-refractivity contribution in [2.24, 2.45) is 0 Å². The molecule has 0 heterocycles. The number of carbonyl (C=O) groups is 2. The lowest BCUT2D eigenvalue weighted by Crippen LogP contribution is -2.27. The minimum Gasteiger partial charge on any atom is -0.493 e. The van der Waals surface area contributed by atoms with Crippen LogP contribution in [-0.2, 0) is 11.4 Å². The Morgan fingerprint density at radius 2 is 1.60 bits per heavy atom. The largest absolute Gasteiger partial charge is 0.493 e. The quantitative estimate of drug-likeness (QED) is 0.553. The van der Waals surface area contributed by atoms with E-state index < -0.39 is 11.9 Å². The number of carboxylic acids is 1. The summed E-state index contributed by atoms with van der Waals surface area (Å²) in [7, 11) is 1.51. The number of ether oxygens (including phenoxy) is 2. The molecule has 3 rings (SSSR count). The number of carboxylic acid groups (broad SMARTS) is 1. The molecule has 0 spiro atoms. The first-order chi connectivity index (χ1) is 14.6. The molecule has 3 aromatic carbocycles. The summed E-state index contributed by atoms with van der Waals surface area (Å²) >= 11 is 0. The van der Waals surface area contributed by atoms with Gasteiger partial charge in [-0.1, -0.05) is 54.6 Å². The number of hydrogen-bond donors (Lipinski definition) is 2. The molecule has 6 nitrogen and oxygen atoms in total. The lowest BCUT2D eigenvalue weighted by molar-refractivity contribution is -0.132. The van der Waals surface area contributed by atoms with Crippen LogP contribution in [0, 0.1) is 0 Å². The molecule has 0 fully saturated rings. The van der Waals surface area contributed by atoms with Crippen LogP contribution in [-0.4, -0.2) is 24.1 Å². The molecule has 3 aromatic rings. The molecule has 0 aliphatic carbocycles. The Kier molecular flexibility index (Phi) is 6.84. The van der Waals surface area contributed by atoms with Gasteiger partial charge in [-0.05, 0) is 41.5 Å². The Morgan fingerprint density at radius 1 is 0.933 bits per heavy atom. The van der Waals surface area contributed by atoms with Gasteiger partial charge in [-0.25, -0.2) is 4.79 Å². The van der Waals surface area contributed by atoms with Gasteiger partial charge in [0, 0.05) is 5.56 Å². The summed E-state index contributed by atoms with van der Waals surface area (Å²) in [5, 5.41) is 11.9. The van der Waals surface area contributed by atoms with Crippen molar-refractivity contribution >= 4 is 18.0 Å². The number of amides is 1. The predicted octanol–water partition coefficient (Wildman–Crippen LogP) is 4.13. The van der Waals surface area contributed by atoms with E-state index in [1.54, 1.807) is 48.5 Å². The zero-order valence-corrected chi connectivity index (χ0v) is 16.4. The number of methoxy groups -OCH3 is 1. The monoisotopic (exact) mass is 403 g/mol. The fourth-order valence-electron chi connectivity index (χ4n) is 2.73. The molecule has 2 N–H and O–H groups in total. The molecule has 0 unspecified atom stereocenters. The highest BCUT2D eigenvalue weighted by Crippen LogP contribution is 2.29. The maximum atomic E-state index is 12.3. The molecule has 0 bridgehead atoms.